The van der Waals surface area contributed by atoms with Crippen LogP contribution in [0, 0.1) is 0 Å². The Bertz CT molecular complexity index is 664. The number of rotatable bonds is 6. The highest BCUT2D eigenvalue weighted by Gasteiger charge is 2.04. The van der Waals surface area contributed by atoms with E-state index < -0.39 is 11.8 Å². The van der Waals surface area contributed by atoms with Crippen LogP contribution in [0.1, 0.15) is 17.4 Å². The van der Waals surface area contributed by atoms with Crippen molar-refractivity contribution in [3.8, 4) is 5.75 Å². The molecule has 5 nitrogen and oxygen atoms in total. The van der Waals surface area contributed by atoms with Gasteiger partial charge < -0.3 is 4.74 Å². The molecule has 1 aromatic heterocycles. The third-order valence-corrected chi connectivity index (χ3v) is 3.81. The Kier molecular flexibility index (Phi) is 6.38. The van der Waals surface area contributed by atoms with E-state index in [-0.39, 0.29) is 6.61 Å². The molecule has 23 heavy (non-hydrogen) atoms. The number of hydrogen-bond donors (Lipinski definition) is 2. The molecule has 0 aliphatic carbocycles. The van der Waals surface area contributed by atoms with Crippen molar-refractivity contribution < 1.29 is 14.3 Å². The van der Waals surface area contributed by atoms with Crippen molar-refractivity contribution in [3.05, 3.63) is 58.3 Å². The number of carbonyl (C=O) groups is 2. The zero-order chi connectivity index (χ0) is 16.5. The van der Waals surface area contributed by atoms with Gasteiger partial charge in [0.2, 0.25) is 0 Å². The monoisotopic (exact) mass is 330 g/mol. The molecule has 0 atom stereocenters. The van der Waals surface area contributed by atoms with Crippen LogP contribution in [-0.4, -0.2) is 18.4 Å². The van der Waals surface area contributed by atoms with Crippen LogP contribution < -0.4 is 15.6 Å². The molecule has 2 amide bonds. The molecule has 0 aliphatic heterocycles. The number of carbonyl (C=O) groups excluding carboxylic acids is 2. The van der Waals surface area contributed by atoms with Gasteiger partial charge in [-0.1, -0.05) is 25.1 Å². The number of aryl methyl sites for hydroxylation is 1. The van der Waals surface area contributed by atoms with Crippen LogP contribution in [0.2, 0.25) is 0 Å². The van der Waals surface area contributed by atoms with E-state index in [0.717, 1.165) is 11.3 Å². The van der Waals surface area contributed by atoms with E-state index in [1.54, 1.807) is 6.08 Å². The van der Waals surface area contributed by atoms with Crippen LogP contribution in [-0.2, 0) is 16.0 Å². The van der Waals surface area contributed by atoms with Crippen molar-refractivity contribution in [2.24, 2.45) is 0 Å². The zero-order valence-electron chi connectivity index (χ0n) is 12.7. The summed E-state index contributed by atoms with van der Waals surface area (Å²) in [6, 6.07) is 11.3. The minimum absolute atomic E-state index is 0.166. The maximum atomic E-state index is 11.6. The quantitative estimate of drug-likeness (QED) is 0.632. The molecule has 2 N–H and O–H groups in total. The first kappa shape index (κ1) is 16.8. The highest BCUT2D eigenvalue weighted by atomic mass is 32.1. The van der Waals surface area contributed by atoms with Crippen LogP contribution in [0.15, 0.2) is 47.9 Å². The Morgan fingerprint density at radius 1 is 1.17 bits per heavy atom. The zero-order valence-corrected chi connectivity index (χ0v) is 13.6. The molecule has 0 aliphatic rings. The lowest BCUT2D eigenvalue weighted by Gasteiger charge is -2.08. The molecule has 2 rings (SSSR count). The Hall–Kier alpha value is -2.60. The number of hydrogen-bond acceptors (Lipinski definition) is 4. The molecular formula is C17H18N2O3S. The molecule has 0 unspecified atom stereocenters. The normalized spacial score (nSPS) is 10.5. The molecule has 2 aromatic rings. The van der Waals surface area contributed by atoms with Gasteiger partial charge in [0.1, 0.15) is 5.75 Å². The lowest BCUT2D eigenvalue weighted by molar-refractivity contribution is -0.128. The summed E-state index contributed by atoms with van der Waals surface area (Å²) in [5.41, 5.74) is 5.79. The Labute approximate surface area is 139 Å². The van der Waals surface area contributed by atoms with E-state index in [0.29, 0.717) is 5.75 Å². The fraction of sp³-hybridized carbons (Fsp3) is 0.176. The molecule has 0 radical (unpaired) electrons. The number of amides is 2. The van der Waals surface area contributed by atoms with E-state index >= 15 is 0 Å². The van der Waals surface area contributed by atoms with Gasteiger partial charge in [0.25, 0.3) is 11.8 Å². The molecule has 120 valence electrons. The van der Waals surface area contributed by atoms with Crippen molar-refractivity contribution in [1.82, 2.24) is 10.9 Å². The second-order valence-electron chi connectivity index (χ2n) is 4.67. The van der Waals surface area contributed by atoms with E-state index in [4.69, 9.17) is 4.74 Å². The first-order valence-electron chi connectivity index (χ1n) is 7.19. The summed E-state index contributed by atoms with van der Waals surface area (Å²) in [5.74, 6) is -0.220. The fourth-order valence-corrected chi connectivity index (χ4v) is 2.34. The van der Waals surface area contributed by atoms with Crippen molar-refractivity contribution >= 4 is 29.2 Å². The van der Waals surface area contributed by atoms with Gasteiger partial charge >= 0.3 is 0 Å². The summed E-state index contributed by atoms with van der Waals surface area (Å²) < 4.78 is 5.34. The predicted octanol–water partition coefficient (Wildman–Crippen LogP) is 2.55. The maximum Gasteiger partial charge on any atom is 0.276 e. The lowest BCUT2D eigenvalue weighted by Crippen LogP contribution is -2.43. The first-order valence-corrected chi connectivity index (χ1v) is 8.07. The average molecular weight is 330 g/mol. The minimum atomic E-state index is -0.428. The standard InChI is InChI=1S/C17H18N2O3S/c1-2-13-5-7-14(8-6-13)22-12-17(21)19-18-16(20)10-9-15-4-3-11-23-15/h3-11H,2,12H2,1H3,(H,18,20)(H,19,21). The topological polar surface area (TPSA) is 67.4 Å². The third-order valence-electron chi connectivity index (χ3n) is 2.97. The summed E-state index contributed by atoms with van der Waals surface area (Å²) in [6.45, 7) is 1.90. The smallest absolute Gasteiger partial charge is 0.276 e. The van der Waals surface area contributed by atoms with Gasteiger partial charge in [-0.05, 0) is 41.6 Å². The summed E-state index contributed by atoms with van der Waals surface area (Å²) in [4.78, 5) is 24.1. The minimum Gasteiger partial charge on any atom is -0.484 e. The van der Waals surface area contributed by atoms with Crippen LogP contribution in [0.3, 0.4) is 0 Å². The van der Waals surface area contributed by atoms with Crippen molar-refractivity contribution in [2.75, 3.05) is 6.61 Å². The second kappa shape index (κ2) is 8.75. The van der Waals surface area contributed by atoms with Crippen LogP contribution in [0.4, 0.5) is 0 Å². The second-order valence-corrected chi connectivity index (χ2v) is 5.65. The molecule has 0 saturated carbocycles. The van der Waals surface area contributed by atoms with E-state index in [9.17, 15) is 9.59 Å². The van der Waals surface area contributed by atoms with Crippen LogP contribution >= 0.6 is 11.3 Å². The molecule has 0 fully saturated rings. The summed E-state index contributed by atoms with van der Waals surface area (Å²) in [5, 5.41) is 1.92. The van der Waals surface area contributed by atoms with Gasteiger partial charge in [-0.3, -0.25) is 20.4 Å². The first-order chi connectivity index (χ1) is 11.2. The largest absolute Gasteiger partial charge is 0.484 e. The average Bonchev–Trinajstić information content (AvgIpc) is 3.10. The summed E-state index contributed by atoms with van der Waals surface area (Å²) in [7, 11) is 0. The number of ether oxygens (including phenoxy) is 1. The van der Waals surface area contributed by atoms with Gasteiger partial charge in [0, 0.05) is 11.0 Å². The van der Waals surface area contributed by atoms with Gasteiger partial charge in [-0.15, -0.1) is 11.3 Å². The number of thiophene rings is 1. The van der Waals surface area contributed by atoms with Gasteiger partial charge in [-0.2, -0.15) is 0 Å². The Morgan fingerprint density at radius 2 is 1.96 bits per heavy atom. The van der Waals surface area contributed by atoms with Gasteiger partial charge in [0.05, 0.1) is 0 Å². The van der Waals surface area contributed by atoms with Crippen molar-refractivity contribution in [3.63, 3.8) is 0 Å². The third kappa shape index (κ3) is 5.96. The molecule has 1 aromatic carbocycles. The molecule has 0 saturated heterocycles. The van der Waals surface area contributed by atoms with Gasteiger partial charge in [-0.25, -0.2) is 0 Å². The highest BCUT2D eigenvalue weighted by molar-refractivity contribution is 7.10. The van der Waals surface area contributed by atoms with E-state index in [2.05, 4.69) is 17.8 Å². The number of benzene rings is 1. The predicted molar refractivity (Wildman–Crippen MR) is 91.0 cm³/mol. The van der Waals surface area contributed by atoms with E-state index in [1.165, 1.54) is 23.0 Å². The van der Waals surface area contributed by atoms with Crippen molar-refractivity contribution in [1.29, 1.82) is 0 Å². The van der Waals surface area contributed by atoms with Crippen LogP contribution in [0.5, 0.6) is 5.75 Å². The van der Waals surface area contributed by atoms with E-state index in [1.807, 2.05) is 41.8 Å². The van der Waals surface area contributed by atoms with Crippen LogP contribution in [0.25, 0.3) is 6.08 Å². The van der Waals surface area contributed by atoms with Crippen molar-refractivity contribution in [2.45, 2.75) is 13.3 Å². The van der Waals surface area contributed by atoms with Gasteiger partial charge in [0.15, 0.2) is 6.61 Å². The molecule has 1 heterocycles. The molecular weight excluding hydrogens is 312 g/mol. The fourth-order valence-electron chi connectivity index (χ4n) is 1.72. The number of nitrogens with one attached hydrogen (secondary N) is 2. The summed E-state index contributed by atoms with van der Waals surface area (Å²) in [6.07, 6.45) is 3.99. The molecule has 6 heteroatoms. The molecule has 0 bridgehead atoms. The number of hydrazine groups is 1. The SMILES string of the molecule is CCc1ccc(OCC(=O)NNC(=O)C=Cc2cccs2)cc1. The highest BCUT2D eigenvalue weighted by Crippen LogP contribution is 2.12. The Balaban J connectivity index is 1.69. The molecule has 0 spiro atoms. The Morgan fingerprint density at radius 3 is 2.61 bits per heavy atom. The maximum absolute atomic E-state index is 11.6. The summed E-state index contributed by atoms with van der Waals surface area (Å²) >= 11 is 1.52. The lowest BCUT2D eigenvalue weighted by atomic mass is 10.2.